The highest BCUT2D eigenvalue weighted by atomic mass is 16.7. The molecule has 24 heavy (non-hydrogen) atoms. The number of hydrogen-bond donors (Lipinski definition) is 0. The van der Waals surface area contributed by atoms with Crippen LogP contribution in [0.25, 0.3) is 11.8 Å². The summed E-state index contributed by atoms with van der Waals surface area (Å²) in [7, 11) is 0. The highest BCUT2D eigenvalue weighted by Gasteiger charge is 2.28. The average Bonchev–Trinajstić information content (AvgIpc) is 3.00. The summed E-state index contributed by atoms with van der Waals surface area (Å²) >= 11 is 0. The summed E-state index contributed by atoms with van der Waals surface area (Å²) in [5.74, 6) is 0.856. The average molecular weight is 314 g/mol. The van der Waals surface area contributed by atoms with Crippen molar-refractivity contribution in [3.8, 4) is 0 Å². The molecule has 1 heterocycles. The summed E-state index contributed by atoms with van der Waals surface area (Å²) in [4.78, 5) is 0. The first-order valence-corrected chi connectivity index (χ1v) is 8.08. The second-order valence-corrected chi connectivity index (χ2v) is 5.75. The van der Waals surface area contributed by atoms with Gasteiger partial charge in [-0.25, -0.2) is 0 Å². The summed E-state index contributed by atoms with van der Waals surface area (Å²) in [5, 5.41) is 0. The molecule has 1 aliphatic rings. The fourth-order valence-electron chi connectivity index (χ4n) is 2.85. The molecule has 3 aromatic rings. The Labute approximate surface area is 142 Å². The molecular weight excluding hydrogens is 296 g/mol. The summed E-state index contributed by atoms with van der Waals surface area (Å²) in [6.45, 7) is 0.526. The van der Waals surface area contributed by atoms with E-state index in [0.29, 0.717) is 6.61 Å². The third-order valence-corrected chi connectivity index (χ3v) is 4.06. The van der Waals surface area contributed by atoms with E-state index < -0.39 is 0 Å². The monoisotopic (exact) mass is 314 g/mol. The van der Waals surface area contributed by atoms with Gasteiger partial charge in [-0.1, -0.05) is 84.9 Å². The summed E-state index contributed by atoms with van der Waals surface area (Å²) in [5.41, 5.74) is 4.43. The molecule has 2 nitrogen and oxygen atoms in total. The Balaban J connectivity index is 1.58. The van der Waals surface area contributed by atoms with E-state index >= 15 is 0 Å². The van der Waals surface area contributed by atoms with Crippen molar-refractivity contribution in [2.75, 3.05) is 0 Å². The maximum atomic E-state index is 6.10. The Morgan fingerprint density at radius 2 is 1.46 bits per heavy atom. The van der Waals surface area contributed by atoms with Crippen LogP contribution >= 0.6 is 0 Å². The van der Waals surface area contributed by atoms with E-state index in [1.807, 2.05) is 48.5 Å². The van der Waals surface area contributed by atoms with Crippen LogP contribution in [0.5, 0.6) is 0 Å². The van der Waals surface area contributed by atoms with Crippen LogP contribution in [0, 0.1) is 0 Å². The maximum Gasteiger partial charge on any atom is 0.227 e. The van der Waals surface area contributed by atoms with Gasteiger partial charge in [0.05, 0.1) is 6.61 Å². The molecule has 1 aliphatic heterocycles. The van der Waals surface area contributed by atoms with Gasteiger partial charge in [0, 0.05) is 11.1 Å². The van der Waals surface area contributed by atoms with Crippen LogP contribution in [-0.4, -0.2) is 0 Å². The van der Waals surface area contributed by atoms with Gasteiger partial charge in [0.1, 0.15) is 5.76 Å². The minimum atomic E-state index is -0.364. The van der Waals surface area contributed by atoms with E-state index in [1.54, 1.807) is 0 Å². The van der Waals surface area contributed by atoms with Gasteiger partial charge in [-0.2, -0.15) is 0 Å². The lowest BCUT2D eigenvalue weighted by Gasteiger charge is -2.13. The molecule has 1 atom stereocenters. The van der Waals surface area contributed by atoms with Crippen LogP contribution in [0.15, 0.2) is 84.9 Å². The van der Waals surface area contributed by atoms with Crippen LogP contribution in [0.2, 0.25) is 0 Å². The molecular formula is C22H18O2. The second-order valence-electron chi connectivity index (χ2n) is 5.75. The molecule has 2 heteroatoms. The van der Waals surface area contributed by atoms with Crippen molar-refractivity contribution in [1.29, 1.82) is 0 Å². The van der Waals surface area contributed by atoms with Crippen LogP contribution in [0.1, 0.15) is 28.5 Å². The van der Waals surface area contributed by atoms with Crippen molar-refractivity contribution in [2.45, 2.75) is 12.9 Å². The molecule has 0 saturated heterocycles. The van der Waals surface area contributed by atoms with Gasteiger partial charge in [-0.15, -0.1) is 0 Å². The zero-order valence-electron chi connectivity index (χ0n) is 13.3. The van der Waals surface area contributed by atoms with E-state index in [9.17, 15) is 0 Å². The minimum Gasteiger partial charge on any atom is -0.460 e. The zero-order chi connectivity index (χ0) is 16.2. The summed E-state index contributed by atoms with van der Waals surface area (Å²) < 4.78 is 12.1. The first-order chi connectivity index (χ1) is 11.9. The van der Waals surface area contributed by atoms with Gasteiger partial charge < -0.3 is 9.47 Å². The highest BCUT2D eigenvalue weighted by molar-refractivity contribution is 5.80. The predicted molar refractivity (Wildman–Crippen MR) is 95.8 cm³/mol. The number of fused-ring (bicyclic) bond motifs is 1. The Morgan fingerprint density at radius 1 is 0.792 bits per heavy atom. The van der Waals surface area contributed by atoms with Crippen molar-refractivity contribution >= 4 is 11.8 Å². The molecule has 118 valence electrons. The molecule has 0 bridgehead atoms. The first kappa shape index (κ1) is 14.7. The van der Waals surface area contributed by atoms with Crippen LogP contribution in [0.4, 0.5) is 0 Å². The minimum absolute atomic E-state index is 0.364. The molecule has 0 aromatic heterocycles. The molecule has 0 fully saturated rings. The summed E-state index contributed by atoms with van der Waals surface area (Å²) in [6.07, 6.45) is 1.70. The number of hydrogen-bond acceptors (Lipinski definition) is 2. The highest BCUT2D eigenvalue weighted by Crippen LogP contribution is 2.40. The van der Waals surface area contributed by atoms with Crippen molar-refractivity contribution in [1.82, 2.24) is 0 Å². The lowest BCUT2D eigenvalue weighted by Crippen LogP contribution is -2.02. The fraction of sp³-hybridized carbons (Fsp3) is 0.0909. The van der Waals surface area contributed by atoms with Gasteiger partial charge in [0.2, 0.25) is 6.29 Å². The van der Waals surface area contributed by atoms with E-state index in [1.165, 1.54) is 0 Å². The van der Waals surface area contributed by atoms with Crippen molar-refractivity contribution < 1.29 is 9.47 Å². The third kappa shape index (κ3) is 3.10. The Morgan fingerprint density at radius 3 is 2.25 bits per heavy atom. The lowest BCUT2D eigenvalue weighted by atomic mass is 10.1. The lowest BCUT2D eigenvalue weighted by molar-refractivity contribution is -0.1000. The molecule has 4 rings (SSSR count). The first-order valence-electron chi connectivity index (χ1n) is 8.08. The largest absolute Gasteiger partial charge is 0.460 e. The SMILES string of the molecule is C(=C1/OC(OCc2ccccc2)c2ccccc21)/c1ccccc1. The quantitative estimate of drug-likeness (QED) is 0.639. The Kier molecular flexibility index (Phi) is 4.13. The van der Waals surface area contributed by atoms with Gasteiger partial charge in [-0.3, -0.25) is 0 Å². The third-order valence-electron chi connectivity index (χ3n) is 4.06. The topological polar surface area (TPSA) is 18.5 Å². The second kappa shape index (κ2) is 6.73. The Bertz CT molecular complexity index is 838. The van der Waals surface area contributed by atoms with Crippen LogP contribution < -0.4 is 0 Å². The standard InChI is InChI=1S/C22H18O2/c1-3-9-17(10-4-1)15-21-19-13-7-8-14-20(19)22(24-21)23-16-18-11-5-2-6-12-18/h1-15,22H,16H2/b21-15-. The smallest absolute Gasteiger partial charge is 0.227 e. The van der Waals surface area contributed by atoms with Gasteiger partial charge >= 0.3 is 0 Å². The fourth-order valence-corrected chi connectivity index (χ4v) is 2.85. The van der Waals surface area contributed by atoms with Gasteiger partial charge in [0.25, 0.3) is 0 Å². The van der Waals surface area contributed by atoms with E-state index in [2.05, 4.69) is 42.5 Å². The van der Waals surface area contributed by atoms with Gasteiger partial charge in [0.15, 0.2) is 0 Å². The van der Waals surface area contributed by atoms with Crippen LogP contribution in [-0.2, 0) is 16.1 Å². The number of rotatable bonds is 4. The molecule has 0 aliphatic carbocycles. The molecule has 0 spiro atoms. The molecule has 0 saturated carbocycles. The predicted octanol–water partition coefficient (Wildman–Crippen LogP) is 5.43. The van der Waals surface area contributed by atoms with Crippen LogP contribution in [0.3, 0.4) is 0 Å². The maximum absolute atomic E-state index is 6.10. The number of ether oxygens (including phenoxy) is 2. The Hall–Kier alpha value is -2.84. The molecule has 3 aromatic carbocycles. The molecule has 0 N–H and O–H groups in total. The van der Waals surface area contributed by atoms with Gasteiger partial charge in [-0.05, 0) is 17.2 Å². The van der Waals surface area contributed by atoms with Crippen molar-refractivity contribution in [2.24, 2.45) is 0 Å². The van der Waals surface area contributed by atoms with Crippen molar-refractivity contribution in [3.63, 3.8) is 0 Å². The van der Waals surface area contributed by atoms with Crippen molar-refractivity contribution in [3.05, 3.63) is 107 Å². The van der Waals surface area contributed by atoms with E-state index in [4.69, 9.17) is 9.47 Å². The molecule has 0 radical (unpaired) electrons. The zero-order valence-corrected chi connectivity index (χ0v) is 13.3. The normalized spacial score (nSPS) is 17.5. The summed E-state index contributed by atoms with van der Waals surface area (Å²) in [6, 6.07) is 28.5. The molecule has 0 amide bonds. The molecule has 1 unspecified atom stereocenters. The number of benzene rings is 3. The van der Waals surface area contributed by atoms with E-state index in [0.717, 1.165) is 28.0 Å². The van der Waals surface area contributed by atoms with E-state index in [-0.39, 0.29) is 6.29 Å².